The highest BCUT2D eigenvalue weighted by atomic mass is 16.2. The van der Waals surface area contributed by atoms with Crippen molar-refractivity contribution >= 4 is 40.3 Å². The lowest BCUT2D eigenvalue weighted by Crippen LogP contribution is -2.42. The van der Waals surface area contributed by atoms with Crippen LogP contribution >= 0.6 is 0 Å². The molecule has 0 fully saturated rings. The lowest BCUT2D eigenvalue weighted by Gasteiger charge is -2.16. The molecule has 1 unspecified atom stereocenters. The zero-order chi connectivity index (χ0) is 24.0. The van der Waals surface area contributed by atoms with Gasteiger partial charge in [-0.25, -0.2) is 9.97 Å². The van der Waals surface area contributed by atoms with Crippen molar-refractivity contribution < 1.29 is 14.4 Å². The van der Waals surface area contributed by atoms with Gasteiger partial charge in [-0.1, -0.05) is 13.8 Å². The van der Waals surface area contributed by atoms with Crippen LogP contribution in [0, 0.1) is 0 Å². The highest BCUT2D eigenvalue weighted by molar-refractivity contribution is 5.99. The molecule has 0 aliphatic carbocycles. The molecule has 172 valence electrons. The van der Waals surface area contributed by atoms with E-state index in [0.717, 1.165) is 0 Å². The molecule has 11 nitrogen and oxygen atoms in total. The van der Waals surface area contributed by atoms with Gasteiger partial charge in [0.1, 0.15) is 5.78 Å². The van der Waals surface area contributed by atoms with Gasteiger partial charge in [-0.05, 0) is 24.3 Å². The molecular formula is C22H25N7O4. The van der Waals surface area contributed by atoms with Crippen molar-refractivity contribution in [1.29, 1.82) is 0 Å². The van der Waals surface area contributed by atoms with Crippen LogP contribution in [-0.4, -0.2) is 43.5 Å². The van der Waals surface area contributed by atoms with Crippen molar-refractivity contribution in [3.8, 4) is 0 Å². The number of anilines is 2. The van der Waals surface area contributed by atoms with E-state index in [9.17, 15) is 19.2 Å². The third-order valence-electron chi connectivity index (χ3n) is 4.98. The quantitative estimate of drug-likeness (QED) is 0.355. The molecule has 0 aliphatic heterocycles. The van der Waals surface area contributed by atoms with Crippen LogP contribution in [0.5, 0.6) is 0 Å². The number of nitrogens with one attached hydrogen (secondary N) is 3. The molecule has 2 aromatic heterocycles. The summed E-state index contributed by atoms with van der Waals surface area (Å²) in [6, 6.07) is 5.79. The molecule has 0 saturated heterocycles. The molecule has 33 heavy (non-hydrogen) atoms. The minimum Gasteiger partial charge on any atom is -0.379 e. The lowest BCUT2D eigenvalue weighted by atomic mass is 10.0. The number of carbonyl (C=O) groups excluding carboxylic acids is 3. The fraction of sp³-hybridized carbons (Fsp3) is 0.318. The zero-order valence-corrected chi connectivity index (χ0v) is 18.3. The molecular weight excluding hydrogens is 426 g/mol. The van der Waals surface area contributed by atoms with Gasteiger partial charge in [-0.2, -0.15) is 4.98 Å². The molecule has 0 radical (unpaired) electrons. The average Bonchev–Trinajstić information content (AvgIpc) is 2.82. The molecule has 3 aromatic rings. The van der Waals surface area contributed by atoms with E-state index >= 15 is 0 Å². The van der Waals surface area contributed by atoms with Crippen molar-refractivity contribution in [2.75, 3.05) is 11.1 Å². The first-order chi connectivity index (χ1) is 15.8. The minimum atomic E-state index is -0.827. The largest absolute Gasteiger partial charge is 0.379 e. The second-order valence-electron chi connectivity index (χ2n) is 7.36. The summed E-state index contributed by atoms with van der Waals surface area (Å²) in [6.07, 6.45) is 2.03. The molecule has 0 saturated carbocycles. The Kier molecular flexibility index (Phi) is 7.44. The number of nitrogens with two attached hydrogens (primary N) is 1. The topological polar surface area (TPSA) is 173 Å². The molecule has 0 spiro atoms. The molecule has 1 atom stereocenters. The molecule has 1 amide bonds. The van der Waals surface area contributed by atoms with E-state index in [0.29, 0.717) is 23.4 Å². The number of benzene rings is 1. The van der Waals surface area contributed by atoms with E-state index in [1.165, 1.54) is 6.20 Å². The van der Waals surface area contributed by atoms with Crippen LogP contribution in [0.2, 0.25) is 0 Å². The Labute approximate surface area is 189 Å². The van der Waals surface area contributed by atoms with E-state index in [2.05, 4.69) is 30.6 Å². The number of aromatic nitrogens is 4. The van der Waals surface area contributed by atoms with Gasteiger partial charge in [0.05, 0.1) is 24.5 Å². The normalized spacial score (nSPS) is 11.7. The number of Topliss-reactive ketones (excluding diaryl/α,β-unsaturated/α-hetero) is 2. The predicted molar refractivity (Wildman–Crippen MR) is 123 cm³/mol. The van der Waals surface area contributed by atoms with Crippen molar-refractivity contribution in [2.45, 2.75) is 45.7 Å². The first kappa shape index (κ1) is 23.5. The molecule has 3 rings (SSSR count). The van der Waals surface area contributed by atoms with Crippen LogP contribution in [0.1, 0.15) is 49.2 Å². The Bertz CT molecular complexity index is 1240. The summed E-state index contributed by atoms with van der Waals surface area (Å²) in [5.41, 5.74) is 6.87. The Morgan fingerprint density at radius 2 is 1.82 bits per heavy atom. The fourth-order valence-electron chi connectivity index (χ4n) is 3.09. The van der Waals surface area contributed by atoms with Gasteiger partial charge in [-0.3, -0.25) is 24.2 Å². The molecule has 0 aliphatic rings. The third-order valence-corrected chi connectivity index (χ3v) is 4.98. The maximum atomic E-state index is 12.6. The SMILES string of the molecule is CCC(=O)CC(NC(=O)c1ccc(NCc2cnc3nc(N)[nH]c(=O)c3n2)cc1)C(=O)CC. The predicted octanol–water partition coefficient (Wildman–Crippen LogP) is 1.35. The highest BCUT2D eigenvalue weighted by Gasteiger charge is 2.22. The highest BCUT2D eigenvalue weighted by Crippen LogP contribution is 2.12. The maximum Gasteiger partial charge on any atom is 0.280 e. The van der Waals surface area contributed by atoms with E-state index in [4.69, 9.17) is 5.73 Å². The summed E-state index contributed by atoms with van der Waals surface area (Å²) < 4.78 is 0. The number of nitrogens with zero attached hydrogens (tertiary/aromatic N) is 3. The monoisotopic (exact) mass is 451 g/mol. The molecule has 2 heterocycles. The number of hydrogen-bond donors (Lipinski definition) is 4. The summed E-state index contributed by atoms with van der Waals surface area (Å²) in [7, 11) is 0. The van der Waals surface area contributed by atoms with Crippen LogP contribution < -0.4 is 21.9 Å². The first-order valence-corrected chi connectivity index (χ1v) is 10.5. The number of H-pyrrole nitrogens is 1. The van der Waals surface area contributed by atoms with E-state index in [1.54, 1.807) is 38.1 Å². The number of ketones is 2. The summed E-state index contributed by atoms with van der Waals surface area (Å²) >= 11 is 0. The van der Waals surface area contributed by atoms with Crippen molar-refractivity contribution in [3.05, 3.63) is 52.1 Å². The van der Waals surface area contributed by atoms with Gasteiger partial charge in [0.15, 0.2) is 16.9 Å². The molecule has 11 heteroatoms. The number of amides is 1. The van der Waals surface area contributed by atoms with E-state index < -0.39 is 17.5 Å². The second kappa shape index (κ2) is 10.4. The Hall–Kier alpha value is -4.15. The van der Waals surface area contributed by atoms with Gasteiger partial charge in [0.2, 0.25) is 5.95 Å². The Balaban J connectivity index is 1.64. The minimum absolute atomic E-state index is 0.00765. The van der Waals surface area contributed by atoms with Crippen LogP contribution in [0.3, 0.4) is 0 Å². The number of nitrogen functional groups attached to an aromatic ring is 1. The van der Waals surface area contributed by atoms with Gasteiger partial charge < -0.3 is 16.4 Å². The van der Waals surface area contributed by atoms with Gasteiger partial charge >= 0.3 is 0 Å². The lowest BCUT2D eigenvalue weighted by molar-refractivity contribution is -0.125. The summed E-state index contributed by atoms with van der Waals surface area (Å²) in [5, 5.41) is 5.79. The second-order valence-corrected chi connectivity index (χ2v) is 7.36. The van der Waals surface area contributed by atoms with Gasteiger partial charge in [0, 0.05) is 30.5 Å². The van der Waals surface area contributed by atoms with Crippen LogP contribution in [0.25, 0.3) is 11.2 Å². The van der Waals surface area contributed by atoms with E-state index in [1.807, 2.05) is 0 Å². The summed E-state index contributed by atoms with van der Waals surface area (Å²) in [4.78, 5) is 63.0. The third kappa shape index (κ3) is 5.97. The standard InChI is InChI=1S/C22H25N7O4/c1-3-15(30)9-16(17(31)4-2)27-20(32)12-5-7-13(8-6-12)24-10-14-11-25-19-18(26-14)21(33)29-22(23)28-19/h5-8,11,16,24H,3-4,9-10H2,1-2H3,(H,27,32)(H3,23,25,28,29,33). The van der Waals surface area contributed by atoms with Crippen LogP contribution in [0.15, 0.2) is 35.3 Å². The number of aromatic amines is 1. The maximum absolute atomic E-state index is 12.6. The average molecular weight is 451 g/mol. The van der Waals surface area contributed by atoms with E-state index in [-0.39, 0.29) is 48.1 Å². The number of hydrogen-bond acceptors (Lipinski definition) is 9. The number of carbonyl (C=O) groups is 3. The van der Waals surface area contributed by atoms with Crippen LogP contribution in [-0.2, 0) is 16.1 Å². The molecule has 5 N–H and O–H groups in total. The van der Waals surface area contributed by atoms with Gasteiger partial charge in [-0.15, -0.1) is 0 Å². The van der Waals surface area contributed by atoms with Crippen LogP contribution in [0.4, 0.5) is 11.6 Å². The summed E-state index contributed by atoms with van der Waals surface area (Å²) in [5.74, 6) is -0.723. The van der Waals surface area contributed by atoms with Crippen molar-refractivity contribution in [2.24, 2.45) is 0 Å². The zero-order valence-electron chi connectivity index (χ0n) is 18.3. The van der Waals surface area contributed by atoms with Crippen molar-refractivity contribution in [1.82, 2.24) is 25.3 Å². The van der Waals surface area contributed by atoms with Crippen molar-refractivity contribution in [3.63, 3.8) is 0 Å². The molecule has 0 bridgehead atoms. The Morgan fingerprint density at radius 1 is 1.09 bits per heavy atom. The smallest absolute Gasteiger partial charge is 0.280 e. The number of fused-ring (bicyclic) bond motifs is 1. The Morgan fingerprint density at radius 3 is 2.48 bits per heavy atom. The molecule has 1 aromatic carbocycles. The number of rotatable bonds is 10. The first-order valence-electron chi connectivity index (χ1n) is 10.5. The fourth-order valence-corrected chi connectivity index (χ4v) is 3.09. The van der Waals surface area contributed by atoms with Gasteiger partial charge in [0.25, 0.3) is 11.5 Å². The summed E-state index contributed by atoms with van der Waals surface area (Å²) in [6.45, 7) is 3.70.